The predicted molar refractivity (Wildman–Crippen MR) is 160 cm³/mol. The molecule has 1 fully saturated rings. The number of benzene rings is 2. The van der Waals surface area contributed by atoms with Gasteiger partial charge in [-0.3, -0.25) is 9.59 Å². The van der Waals surface area contributed by atoms with Crippen molar-refractivity contribution in [3.8, 4) is 5.75 Å². The molecule has 3 amide bonds. The van der Waals surface area contributed by atoms with E-state index in [1.807, 2.05) is 32.9 Å². The van der Waals surface area contributed by atoms with E-state index in [4.69, 9.17) is 19.0 Å². The number of fused-ring (bicyclic) bond motifs is 2. The first-order chi connectivity index (χ1) is 20.7. The number of pyridine rings is 1. The standard InChI is InChI=1S/C32H36N4O8/c1-31(2,3)42-29(39)25(44-36-27(37)22-9-7-8-10-23(22)28(36)38)18-41-21-12-13-24-19(15-21)11-14-26(34-24)33-20-16-35(17-20)30(40)43-32(4,5)6/h7-15,20,25H,16-18H2,1-6H3,(H,33,34)/t25-/m0/s1. The summed E-state index contributed by atoms with van der Waals surface area (Å²) in [5.41, 5.74) is -0.295. The second-order valence-electron chi connectivity index (χ2n) is 12.7. The van der Waals surface area contributed by atoms with Crippen molar-refractivity contribution in [3.63, 3.8) is 0 Å². The van der Waals surface area contributed by atoms with Gasteiger partial charge in [0.15, 0.2) is 0 Å². The number of rotatable bonds is 8. The minimum absolute atomic E-state index is 0.0574. The summed E-state index contributed by atoms with van der Waals surface area (Å²) < 4.78 is 16.8. The molecule has 3 heterocycles. The summed E-state index contributed by atoms with van der Waals surface area (Å²) in [7, 11) is 0. The van der Waals surface area contributed by atoms with E-state index in [1.54, 1.807) is 56.0 Å². The van der Waals surface area contributed by atoms with Crippen LogP contribution >= 0.6 is 0 Å². The normalized spacial score (nSPS) is 16.0. The van der Waals surface area contributed by atoms with Crippen molar-refractivity contribution in [2.75, 3.05) is 25.0 Å². The Labute approximate surface area is 255 Å². The predicted octanol–water partition coefficient (Wildman–Crippen LogP) is 4.58. The molecule has 0 radical (unpaired) electrons. The van der Waals surface area contributed by atoms with Crippen LogP contribution in [-0.4, -0.2) is 81.9 Å². The Hall–Kier alpha value is -4.71. The highest BCUT2D eigenvalue weighted by atomic mass is 16.7. The van der Waals surface area contributed by atoms with Crippen LogP contribution in [-0.2, 0) is 19.1 Å². The Balaban J connectivity index is 1.22. The minimum Gasteiger partial charge on any atom is -0.490 e. The number of carbonyl (C=O) groups excluding carboxylic acids is 4. The average Bonchev–Trinajstić information content (AvgIpc) is 3.15. The quantitative estimate of drug-likeness (QED) is 0.287. The molecule has 0 spiro atoms. The molecule has 12 nitrogen and oxygen atoms in total. The zero-order valence-corrected chi connectivity index (χ0v) is 25.6. The third kappa shape index (κ3) is 7.08. The van der Waals surface area contributed by atoms with Gasteiger partial charge in [-0.05, 0) is 84.0 Å². The van der Waals surface area contributed by atoms with Gasteiger partial charge in [0.2, 0.25) is 6.10 Å². The molecule has 0 bridgehead atoms. The second-order valence-corrected chi connectivity index (χ2v) is 12.7. The molecule has 5 rings (SSSR count). The first-order valence-electron chi connectivity index (χ1n) is 14.3. The Morgan fingerprint density at radius 1 is 0.909 bits per heavy atom. The molecule has 2 aromatic carbocycles. The number of anilines is 1. The molecule has 2 aliphatic heterocycles. The molecule has 1 aromatic heterocycles. The first kappa shape index (κ1) is 30.7. The van der Waals surface area contributed by atoms with Crippen LogP contribution in [0.3, 0.4) is 0 Å². The van der Waals surface area contributed by atoms with Gasteiger partial charge >= 0.3 is 12.1 Å². The van der Waals surface area contributed by atoms with E-state index in [2.05, 4.69) is 10.3 Å². The molecule has 1 atom stereocenters. The highest BCUT2D eigenvalue weighted by molar-refractivity contribution is 6.20. The summed E-state index contributed by atoms with van der Waals surface area (Å²) in [5, 5.41) is 4.70. The maximum absolute atomic E-state index is 13.0. The fourth-order valence-corrected chi connectivity index (χ4v) is 4.60. The molecule has 232 valence electrons. The van der Waals surface area contributed by atoms with Gasteiger partial charge in [0.25, 0.3) is 11.8 Å². The van der Waals surface area contributed by atoms with Crippen LogP contribution in [0.15, 0.2) is 54.6 Å². The number of hydroxylamine groups is 2. The Morgan fingerprint density at radius 2 is 1.55 bits per heavy atom. The zero-order valence-electron chi connectivity index (χ0n) is 25.6. The lowest BCUT2D eigenvalue weighted by molar-refractivity contribution is -0.193. The summed E-state index contributed by atoms with van der Waals surface area (Å²) in [4.78, 5) is 62.8. The van der Waals surface area contributed by atoms with E-state index in [1.165, 1.54) is 12.1 Å². The number of ether oxygens (including phenoxy) is 3. The minimum atomic E-state index is -1.40. The first-order valence-corrected chi connectivity index (χ1v) is 14.3. The van der Waals surface area contributed by atoms with Crippen molar-refractivity contribution in [1.82, 2.24) is 14.9 Å². The van der Waals surface area contributed by atoms with Crippen molar-refractivity contribution in [3.05, 3.63) is 65.7 Å². The highest BCUT2D eigenvalue weighted by Crippen LogP contribution is 2.26. The lowest BCUT2D eigenvalue weighted by Crippen LogP contribution is -2.58. The number of likely N-dealkylation sites (tertiary alicyclic amines) is 1. The molecule has 3 aromatic rings. The molecule has 0 unspecified atom stereocenters. The van der Waals surface area contributed by atoms with Gasteiger partial charge in [0.05, 0.1) is 22.7 Å². The van der Waals surface area contributed by atoms with E-state index in [0.29, 0.717) is 35.2 Å². The van der Waals surface area contributed by atoms with Crippen molar-refractivity contribution in [2.24, 2.45) is 0 Å². The van der Waals surface area contributed by atoms with Gasteiger partial charge in [-0.1, -0.05) is 12.1 Å². The van der Waals surface area contributed by atoms with Crippen LogP contribution in [0.2, 0.25) is 0 Å². The maximum atomic E-state index is 13.0. The van der Waals surface area contributed by atoms with Crippen LogP contribution in [0, 0.1) is 0 Å². The third-order valence-electron chi connectivity index (χ3n) is 6.61. The Bertz CT molecular complexity index is 1570. The van der Waals surface area contributed by atoms with Gasteiger partial charge in [-0.2, -0.15) is 0 Å². The molecule has 12 heteroatoms. The van der Waals surface area contributed by atoms with Gasteiger partial charge in [0.1, 0.15) is 29.4 Å². The monoisotopic (exact) mass is 604 g/mol. The molecule has 1 N–H and O–H groups in total. The van der Waals surface area contributed by atoms with E-state index in [0.717, 1.165) is 5.39 Å². The SMILES string of the molecule is CC(C)(C)OC(=O)[C@H](COc1ccc2nc(NC3CN(C(=O)OC(C)(C)C)C3)ccc2c1)ON1C(=O)c2ccccc2C1=O. The van der Waals surface area contributed by atoms with Crippen molar-refractivity contribution >= 4 is 40.6 Å². The number of carbonyl (C=O) groups is 4. The topological polar surface area (TPSA) is 137 Å². The summed E-state index contributed by atoms with van der Waals surface area (Å²) in [6.45, 7) is 11.3. The van der Waals surface area contributed by atoms with Gasteiger partial charge in [-0.25, -0.2) is 19.4 Å². The number of esters is 1. The number of nitrogens with one attached hydrogen (secondary N) is 1. The number of hydrogen-bond acceptors (Lipinski definition) is 10. The molecular formula is C32H36N4O8. The van der Waals surface area contributed by atoms with Gasteiger partial charge in [0, 0.05) is 18.5 Å². The number of amides is 3. The number of nitrogens with zero attached hydrogens (tertiary/aromatic N) is 3. The summed E-state index contributed by atoms with van der Waals surface area (Å²) >= 11 is 0. The molecule has 0 aliphatic carbocycles. The molecule has 2 aliphatic rings. The third-order valence-corrected chi connectivity index (χ3v) is 6.61. The van der Waals surface area contributed by atoms with Crippen LogP contribution in [0.4, 0.5) is 10.6 Å². The lowest BCUT2D eigenvalue weighted by atomic mass is 10.1. The van der Waals surface area contributed by atoms with Crippen LogP contribution in [0.5, 0.6) is 5.75 Å². The summed E-state index contributed by atoms with van der Waals surface area (Å²) in [6.07, 6.45) is -1.74. The van der Waals surface area contributed by atoms with Crippen molar-refractivity contribution in [1.29, 1.82) is 0 Å². The van der Waals surface area contributed by atoms with Gasteiger partial charge in [-0.15, -0.1) is 5.06 Å². The lowest BCUT2D eigenvalue weighted by Gasteiger charge is -2.40. The van der Waals surface area contributed by atoms with Crippen LogP contribution in [0.25, 0.3) is 10.9 Å². The number of hydrogen-bond donors (Lipinski definition) is 1. The Morgan fingerprint density at radius 3 is 2.16 bits per heavy atom. The van der Waals surface area contributed by atoms with Crippen molar-refractivity contribution in [2.45, 2.75) is 64.9 Å². The van der Waals surface area contributed by atoms with Crippen molar-refractivity contribution < 1.29 is 38.2 Å². The summed E-state index contributed by atoms with van der Waals surface area (Å²) in [5.74, 6) is -1.03. The molecule has 44 heavy (non-hydrogen) atoms. The fraction of sp³-hybridized carbons (Fsp3) is 0.406. The van der Waals surface area contributed by atoms with Gasteiger partial charge < -0.3 is 24.4 Å². The highest BCUT2D eigenvalue weighted by Gasteiger charge is 2.41. The molecular weight excluding hydrogens is 568 g/mol. The zero-order chi connectivity index (χ0) is 31.8. The van der Waals surface area contributed by atoms with Crippen LogP contribution < -0.4 is 10.1 Å². The van der Waals surface area contributed by atoms with Crippen LogP contribution in [0.1, 0.15) is 62.3 Å². The summed E-state index contributed by atoms with van der Waals surface area (Å²) in [6, 6.07) is 15.3. The number of imide groups is 1. The molecule has 0 saturated carbocycles. The Kier molecular flexibility index (Phi) is 8.21. The van der Waals surface area contributed by atoms with E-state index in [-0.39, 0.29) is 29.9 Å². The van der Waals surface area contributed by atoms with E-state index < -0.39 is 35.1 Å². The molecule has 1 saturated heterocycles. The second kappa shape index (κ2) is 11.8. The average molecular weight is 605 g/mol. The smallest absolute Gasteiger partial charge is 0.410 e. The fourth-order valence-electron chi connectivity index (χ4n) is 4.60. The number of aromatic nitrogens is 1. The van der Waals surface area contributed by atoms with E-state index >= 15 is 0 Å². The largest absolute Gasteiger partial charge is 0.490 e. The maximum Gasteiger partial charge on any atom is 0.410 e. The van der Waals surface area contributed by atoms with E-state index in [9.17, 15) is 19.2 Å².